The Balaban J connectivity index is 2.35. The van der Waals surface area contributed by atoms with Crippen molar-refractivity contribution >= 4 is 11.9 Å². The van der Waals surface area contributed by atoms with Crippen LogP contribution in [0.4, 0.5) is 4.79 Å². The average molecular weight is 200 g/mol. The summed E-state index contributed by atoms with van der Waals surface area (Å²) in [6.07, 6.45) is 2.01. The van der Waals surface area contributed by atoms with Crippen LogP contribution in [0.25, 0.3) is 0 Å². The monoisotopic (exact) mass is 200 g/mol. The van der Waals surface area contributed by atoms with Crippen LogP contribution in [0.5, 0.6) is 0 Å². The van der Waals surface area contributed by atoms with Gasteiger partial charge in [-0.25, -0.2) is 4.79 Å². The number of carbonyl (C=O) groups excluding carboxylic acids is 2. The second kappa shape index (κ2) is 4.41. The number of hydrogen-bond donors (Lipinski definition) is 2. The van der Waals surface area contributed by atoms with Gasteiger partial charge in [-0.1, -0.05) is 13.3 Å². The number of imide groups is 1. The number of carbonyl (C=O) groups is 2. The minimum Gasteiger partial charge on any atom is -0.378 e. The van der Waals surface area contributed by atoms with E-state index < -0.39 is 11.6 Å². The van der Waals surface area contributed by atoms with Crippen molar-refractivity contribution in [2.24, 2.45) is 0 Å². The number of urea groups is 1. The highest BCUT2D eigenvalue weighted by Gasteiger charge is 2.41. The molecule has 1 fully saturated rings. The number of unbranched alkanes of at least 4 members (excludes halogenated alkanes) is 1. The van der Waals surface area contributed by atoms with Crippen LogP contribution in [0.15, 0.2) is 0 Å². The molecule has 0 aromatic carbocycles. The quantitative estimate of drug-likeness (QED) is 0.498. The van der Waals surface area contributed by atoms with E-state index in [1.54, 1.807) is 6.92 Å². The lowest BCUT2D eigenvalue weighted by Gasteiger charge is -2.19. The smallest absolute Gasteiger partial charge is 0.322 e. The van der Waals surface area contributed by atoms with Crippen molar-refractivity contribution in [3.8, 4) is 0 Å². The zero-order valence-electron chi connectivity index (χ0n) is 8.55. The molecule has 1 aliphatic heterocycles. The topological polar surface area (TPSA) is 67.4 Å². The normalized spacial score (nSPS) is 26.1. The van der Waals surface area contributed by atoms with Gasteiger partial charge in [-0.2, -0.15) is 0 Å². The molecule has 2 N–H and O–H groups in total. The summed E-state index contributed by atoms with van der Waals surface area (Å²) in [5.74, 6) is -0.320. The van der Waals surface area contributed by atoms with E-state index in [4.69, 9.17) is 4.74 Å². The van der Waals surface area contributed by atoms with Crippen LogP contribution in [-0.2, 0) is 9.53 Å². The molecule has 1 heterocycles. The average Bonchev–Trinajstić information content (AvgIpc) is 2.36. The van der Waals surface area contributed by atoms with Crippen molar-refractivity contribution < 1.29 is 14.3 Å². The van der Waals surface area contributed by atoms with Crippen LogP contribution in [0, 0.1) is 0 Å². The Bertz CT molecular complexity index is 242. The fraction of sp³-hybridized carbons (Fsp3) is 0.778. The molecule has 5 nitrogen and oxygen atoms in total. The van der Waals surface area contributed by atoms with Crippen LogP contribution in [0.1, 0.15) is 26.7 Å². The molecule has 1 saturated heterocycles. The molecule has 3 amide bonds. The van der Waals surface area contributed by atoms with Crippen molar-refractivity contribution in [3.05, 3.63) is 0 Å². The van der Waals surface area contributed by atoms with Gasteiger partial charge in [0, 0.05) is 6.61 Å². The molecule has 0 aromatic heterocycles. The van der Waals surface area contributed by atoms with Gasteiger partial charge in [0.25, 0.3) is 5.91 Å². The first-order valence-electron chi connectivity index (χ1n) is 4.80. The largest absolute Gasteiger partial charge is 0.378 e. The van der Waals surface area contributed by atoms with E-state index in [0.29, 0.717) is 6.61 Å². The summed E-state index contributed by atoms with van der Waals surface area (Å²) < 4.78 is 5.30. The van der Waals surface area contributed by atoms with Crippen molar-refractivity contribution in [2.45, 2.75) is 32.2 Å². The maximum absolute atomic E-state index is 11.3. The zero-order chi connectivity index (χ0) is 10.6. The van der Waals surface area contributed by atoms with E-state index in [-0.39, 0.29) is 12.5 Å². The molecule has 0 aliphatic carbocycles. The lowest BCUT2D eigenvalue weighted by atomic mass is 10.1. The summed E-state index contributed by atoms with van der Waals surface area (Å²) in [7, 11) is 0. The molecular weight excluding hydrogens is 184 g/mol. The fourth-order valence-electron chi connectivity index (χ4n) is 1.20. The maximum Gasteiger partial charge on any atom is 0.322 e. The van der Waals surface area contributed by atoms with Crippen molar-refractivity contribution in [3.63, 3.8) is 0 Å². The minimum absolute atomic E-state index is 0.227. The van der Waals surface area contributed by atoms with Crippen molar-refractivity contribution in [2.75, 3.05) is 13.2 Å². The van der Waals surface area contributed by atoms with Gasteiger partial charge in [-0.05, 0) is 13.3 Å². The molecule has 14 heavy (non-hydrogen) atoms. The first kappa shape index (κ1) is 11.0. The summed E-state index contributed by atoms with van der Waals surface area (Å²) >= 11 is 0. The summed E-state index contributed by atoms with van der Waals surface area (Å²) in [6, 6.07) is -0.448. The Morgan fingerprint density at radius 2 is 2.14 bits per heavy atom. The first-order chi connectivity index (χ1) is 6.58. The first-order valence-corrected chi connectivity index (χ1v) is 4.80. The Kier molecular flexibility index (Phi) is 3.46. The van der Waals surface area contributed by atoms with E-state index in [1.165, 1.54) is 0 Å². The molecule has 0 aromatic rings. The van der Waals surface area contributed by atoms with Gasteiger partial charge in [-0.15, -0.1) is 0 Å². The van der Waals surface area contributed by atoms with Gasteiger partial charge in [0.15, 0.2) is 0 Å². The van der Waals surface area contributed by atoms with Gasteiger partial charge in [0.05, 0.1) is 6.61 Å². The number of amides is 3. The molecule has 1 atom stereocenters. The van der Waals surface area contributed by atoms with Gasteiger partial charge in [-0.3, -0.25) is 10.1 Å². The van der Waals surface area contributed by atoms with Gasteiger partial charge in [0.1, 0.15) is 5.54 Å². The lowest BCUT2D eigenvalue weighted by molar-refractivity contribution is -0.125. The summed E-state index contributed by atoms with van der Waals surface area (Å²) in [5, 5.41) is 4.71. The van der Waals surface area contributed by atoms with E-state index in [1.807, 2.05) is 0 Å². The Hall–Kier alpha value is -1.10. The van der Waals surface area contributed by atoms with Gasteiger partial charge >= 0.3 is 6.03 Å². The molecule has 80 valence electrons. The molecule has 0 saturated carbocycles. The van der Waals surface area contributed by atoms with Crippen molar-refractivity contribution in [1.82, 2.24) is 10.6 Å². The minimum atomic E-state index is -0.898. The SMILES string of the molecule is CCCCOCC1(C)NC(=O)NC1=O. The van der Waals surface area contributed by atoms with Crippen LogP contribution >= 0.6 is 0 Å². The second-order valence-corrected chi connectivity index (χ2v) is 3.65. The molecular formula is C9H16N2O3. The van der Waals surface area contributed by atoms with E-state index in [9.17, 15) is 9.59 Å². The summed E-state index contributed by atoms with van der Waals surface area (Å²) in [4.78, 5) is 22.2. The maximum atomic E-state index is 11.3. The molecule has 0 bridgehead atoms. The molecule has 1 rings (SSSR count). The van der Waals surface area contributed by atoms with Gasteiger partial charge < -0.3 is 10.1 Å². The number of hydrogen-bond acceptors (Lipinski definition) is 3. The molecule has 1 unspecified atom stereocenters. The number of ether oxygens (including phenoxy) is 1. The molecule has 0 radical (unpaired) electrons. The van der Waals surface area contributed by atoms with Crippen LogP contribution in [0.2, 0.25) is 0 Å². The number of rotatable bonds is 5. The second-order valence-electron chi connectivity index (χ2n) is 3.65. The summed E-state index contributed by atoms with van der Waals surface area (Å²) in [5.41, 5.74) is -0.898. The molecule has 1 aliphatic rings. The molecule has 0 spiro atoms. The predicted molar refractivity (Wildman–Crippen MR) is 50.8 cm³/mol. The van der Waals surface area contributed by atoms with Crippen LogP contribution in [-0.4, -0.2) is 30.7 Å². The standard InChI is InChI=1S/C9H16N2O3/c1-3-4-5-14-6-9(2)7(12)10-8(13)11-9/h3-6H2,1-2H3,(H2,10,11,12,13). The lowest BCUT2D eigenvalue weighted by Crippen LogP contribution is -2.48. The third-order valence-electron chi connectivity index (χ3n) is 2.15. The third-order valence-corrected chi connectivity index (χ3v) is 2.15. The summed E-state index contributed by atoms with van der Waals surface area (Å²) in [6.45, 7) is 4.56. The molecule has 5 heteroatoms. The predicted octanol–water partition coefficient (Wildman–Crippen LogP) is 0.401. The Morgan fingerprint density at radius 1 is 1.43 bits per heavy atom. The van der Waals surface area contributed by atoms with Crippen LogP contribution < -0.4 is 10.6 Å². The highest BCUT2D eigenvalue weighted by Crippen LogP contribution is 2.10. The van der Waals surface area contributed by atoms with E-state index >= 15 is 0 Å². The third kappa shape index (κ3) is 2.45. The van der Waals surface area contributed by atoms with E-state index in [0.717, 1.165) is 12.8 Å². The van der Waals surface area contributed by atoms with E-state index in [2.05, 4.69) is 17.6 Å². The van der Waals surface area contributed by atoms with Crippen LogP contribution in [0.3, 0.4) is 0 Å². The zero-order valence-corrected chi connectivity index (χ0v) is 8.55. The Labute approximate surface area is 83.2 Å². The Morgan fingerprint density at radius 3 is 2.64 bits per heavy atom. The van der Waals surface area contributed by atoms with Gasteiger partial charge in [0.2, 0.25) is 0 Å². The number of nitrogens with one attached hydrogen (secondary N) is 2. The highest BCUT2D eigenvalue weighted by molar-refractivity contribution is 6.06. The van der Waals surface area contributed by atoms with Crippen molar-refractivity contribution in [1.29, 1.82) is 0 Å². The fourth-order valence-corrected chi connectivity index (χ4v) is 1.20. The highest BCUT2D eigenvalue weighted by atomic mass is 16.5.